The molecule has 4 aliphatic rings. The Morgan fingerprint density at radius 2 is 1.67 bits per heavy atom. The fourth-order valence-electron chi connectivity index (χ4n) is 6.57. The maximum atomic E-state index is 13.7. The van der Waals surface area contributed by atoms with E-state index in [0.717, 1.165) is 32.1 Å². The van der Waals surface area contributed by atoms with Crippen molar-refractivity contribution in [3.05, 3.63) is 10.6 Å². The van der Waals surface area contributed by atoms with E-state index in [1.807, 2.05) is 6.92 Å². The van der Waals surface area contributed by atoms with Crippen molar-refractivity contribution in [1.82, 2.24) is 14.7 Å². The number of ether oxygens (including phenoxy) is 5. The SMILES string of the molecule is CC(OC(=O)OC1CCCCC1)OC(=O)C1=C(S[C@H]2C[C@@H](C(=O)N(C)C)N(C(=O)OCOC(=O)C(C)C)C2)[C@H](C)[C@@H]2[C@@H]([C@@H](C)O)C(=O)N12. The van der Waals surface area contributed by atoms with Gasteiger partial charge >= 0.3 is 24.2 Å². The van der Waals surface area contributed by atoms with Crippen LogP contribution in [0.5, 0.6) is 0 Å². The molecule has 2 saturated heterocycles. The van der Waals surface area contributed by atoms with Gasteiger partial charge in [0.1, 0.15) is 17.8 Å². The first kappa shape index (κ1) is 37.3. The summed E-state index contributed by atoms with van der Waals surface area (Å²) < 4.78 is 26.2. The van der Waals surface area contributed by atoms with Gasteiger partial charge in [-0.2, -0.15) is 0 Å². The van der Waals surface area contributed by atoms with Crippen LogP contribution in [0.2, 0.25) is 0 Å². The fraction of sp³-hybridized carbons (Fsp3) is 0.750. The van der Waals surface area contributed by atoms with Gasteiger partial charge in [0.15, 0.2) is 0 Å². The van der Waals surface area contributed by atoms with Gasteiger partial charge in [-0.3, -0.25) is 19.3 Å². The molecule has 0 spiro atoms. The number of β-lactam (4-membered cyclic amide) rings is 1. The van der Waals surface area contributed by atoms with E-state index >= 15 is 0 Å². The number of likely N-dealkylation sites (tertiary alicyclic amines) is 1. The molecule has 1 N–H and O–H groups in total. The second-order valence-electron chi connectivity index (χ2n) is 13.2. The minimum atomic E-state index is -1.32. The van der Waals surface area contributed by atoms with Crippen LogP contribution in [-0.4, -0.2) is 119 Å². The predicted octanol–water partition coefficient (Wildman–Crippen LogP) is 2.99. The summed E-state index contributed by atoms with van der Waals surface area (Å²) in [5.74, 6) is -3.80. The van der Waals surface area contributed by atoms with Crippen LogP contribution in [0.3, 0.4) is 0 Å². The van der Waals surface area contributed by atoms with Crippen molar-refractivity contribution in [3.8, 4) is 0 Å². The van der Waals surface area contributed by atoms with Crippen molar-refractivity contribution in [2.24, 2.45) is 17.8 Å². The molecule has 0 aromatic carbocycles. The molecule has 1 unspecified atom stereocenters. The van der Waals surface area contributed by atoms with Gasteiger partial charge in [0.05, 0.1) is 24.0 Å². The van der Waals surface area contributed by atoms with Crippen molar-refractivity contribution >= 4 is 47.8 Å². The number of aliphatic hydroxyl groups is 1. The number of rotatable bonds is 11. The smallest absolute Gasteiger partial charge is 0.431 e. The number of esters is 2. The standard InChI is InChI=1S/C32H47N3O12S/c1-16(2)29(39)43-15-44-31(41)34-14-21(13-22(34)27(37)33(6)7)48-26-17(3)24-23(18(4)36)28(38)35(24)25(26)30(40)45-19(5)46-32(42)47-20-11-9-8-10-12-20/h16-24,36H,8-15H2,1-7H3/t17-,18-,19?,21+,22+,23-,24-/m1/s1. The molecule has 1 aliphatic carbocycles. The molecule has 3 heterocycles. The van der Waals surface area contributed by atoms with Crippen molar-refractivity contribution in [1.29, 1.82) is 0 Å². The van der Waals surface area contributed by atoms with Crippen LogP contribution in [0.15, 0.2) is 10.6 Å². The molecule has 3 aliphatic heterocycles. The lowest BCUT2D eigenvalue weighted by atomic mass is 9.79. The normalized spacial score (nSPS) is 26.8. The number of hydrogen-bond donors (Lipinski definition) is 1. The van der Waals surface area contributed by atoms with Gasteiger partial charge in [0, 0.05) is 43.6 Å². The molecule has 48 heavy (non-hydrogen) atoms. The summed E-state index contributed by atoms with van der Waals surface area (Å²) in [5.41, 5.74) is -0.0346. The summed E-state index contributed by atoms with van der Waals surface area (Å²) in [6.45, 7) is 7.43. The Hall–Kier alpha value is -3.53. The van der Waals surface area contributed by atoms with E-state index in [4.69, 9.17) is 23.7 Å². The lowest BCUT2D eigenvalue weighted by Gasteiger charge is -2.46. The average molecular weight is 698 g/mol. The molecule has 15 nitrogen and oxygen atoms in total. The largest absolute Gasteiger partial charge is 0.511 e. The molecule has 16 heteroatoms. The van der Waals surface area contributed by atoms with Gasteiger partial charge in [0.2, 0.25) is 24.9 Å². The van der Waals surface area contributed by atoms with E-state index in [2.05, 4.69) is 0 Å². The van der Waals surface area contributed by atoms with Crippen LogP contribution in [0.4, 0.5) is 9.59 Å². The fourth-order valence-corrected chi connectivity index (χ4v) is 8.09. The third-order valence-corrected chi connectivity index (χ3v) is 10.5. The molecule has 0 radical (unpaired) electrons. The molecule has 1 saturated carbocycles. The molecule has 0 bridgehead atoms. The predicted molar refractivity (Wildman–Crippen MR) is 169 cm³/mol. The van der Waals surface area contributed by atoms with Gasteiger partial charge in [-0.25, -0.2) is 14.4 Å². The van der Waals surface area contributed by atoms with E-state index in [9.17, 15) is 33.9 Å². The summed E-state index contributed by atoms with van der Waals surface area (Å²) in [5, 5.41) is 9.96. The van der Waals surface area contributed by atoms with E-state index in [1.54, 1.807) is 27.9 Å². The monoisotopic (exact) mass is 697 g/mol. The second-order valence-corrected chi connectivity index (χ2v) is 14.6. The summed E-state index contributed by atoms with van der Waals surface area (Å²) >= 11 is 1.24. The first-order valence-corrected chi connectivity index (χ1v) is 17.3. The molecule has 3 fully saturated rings. The maximum Gasteiger partial charge on any atom is 0.511 e. The van der Waals surface area contributed by atoms with E-state index in [0.29, 0.717) is 4.91 Å². The van der Waals surface area contributed by atoms with Crippen molar-refractivity contribution in [2.45, 2.75) is 109 Å². The Morgan fingerprint density at radius 1 is 1.00 bits per heavy atom. The lowest BCUT2D eigenvalue weighted by molar-refractivity contribution is -0.174. The van der Waals surface area contributed by atoms with Gasteiger partial charge < -0.3 is 38.6 Å². The van der Waals surface area contributed by atoms with Crippen molar-refractivity contribution in [3.63, 3.8) is 0 Å². The lowest BCUT2D eigenvalue weighted by Crippen LogP contribution is -2.63. The summed E-state index contributed by atoms with van der Waals surface area (Å²) in [6.07, 6.45) is 0.303. The number of aliphatic hydroxyl groups excluding tert-OH is 1. The van der Waals surface area contributed by atoms with Crippen molar-refractivity contribution in [2.75, 3.05) is 27.4 Å². The van der Waals surface area contributed by atoms with E-state index in [1.165, 1.54) is 40.3 Å². The molecule has 3 amide bonds. The third kappa shape index (κ3) is 8.18. The second kappa shape index (κ2) is 15.8. The highest BCUT2D eigenvalue weighted by molar-refractivity contribution is 8.03. The maximum absolute atomic E-state index is 13.7. The van der Waals surface area contributed by atoms with E-state index in [-0.39, 0.29) is 30.7 Å². The van der Waals surface area contributed by atoms with Crippen LogP contribution in [0.1, 0.15) is 73.1 Å². The Labute approximate surface area is 284 Å². The Kier molecular flexibility index (Phi) is 12.3. The highest BCUT2D eigenvalue weighted by atomic mass is 32.2. The number of thioether (sulfide) groups is 1. The van der Waals surface area contributed by atoms with Gasteiger partial charge in [0.25, 0.3) is 0 Å². The van der Waals surface area contributed by atoms with Crippen LogP contribution < -0.4 is 0 Å². The topological polar surface area (TPSA) is 179 Å². The number of carbonyl (C=O) groups excluding carboxylic acids is 6. The molecule has 4 rings (SSSR count). The Bertz CT molecular complexity index is 1300. The molecule has 0 aromatic rings. The highest BCUT2D eigenvalue weighted by Gasteiger charge is 2.61. The molecular weight excluding hydrogens is 650 g/mol. The molecule has 7 atom stereocenters. The first-order valence-electron chi connectivity index (χ1n) is 16.4. The highest BCUT2D eigenvalue weighted by Crippen LogP contribution is 2.52. The van der Waals surface area contributed by atoms with Crippen LogP contribution in [0, 0.1) is 17.8 Å². The average Bonchev–Trinajstić information content (AvgIpc) is 3.53. The van der Waals surface area contributed by atoms with Crippen LogP contribution >= 0.6 is 11.8 Å². The molecule has 0 aromatic heterocycles. The minimum absolute atomic E-state index is 0.0346. The molecule has 268 valence electrons. The third-order valence-electron chi connectivity index (χ3n) is 9.02. The Morgan fingerprint density at radius 3 is 2.27 bits per heavy atom. The summed E-state index contributed by atoms with van der Waals surface area (Å²) in [7, 11) is 3.13. The number of nitrogens with zero attached hydrogens (tertiary/aromatic N) is 3. The van der Waals surface area contributed by atoms with E-state index < -0.39 is 84.4 Å². The first-order chi connectivity index (χ1) is 22.6. The zero-order valence-corrected chi connectivity index (χ0v) is 29.4. The summed E-state index contributed by atoms with van der Waals surface area (Å²) in [4.78, 5) is 81.7. The zero-order chi connectivity index (χ0) is 35.4. The number of carbonyl (C=O) groups is 6. The van der Waals surface area contributed by atoms with Gasteiger partial charge in [-0.05, 0) is 39.0 Å². The number of hydrogen-bond acceptors (Lipinski definition) is 13. The zero-order valence-electron chi connectivity index (χ0n) is 28.5. The number of amides is 3. The number of fused-ring (bicyclic) bond motifs is 1. The summed E-state index contributed by atoms with van der Waals surface area (Å²) in [6, 6.07) is -1.42. The van der Waals surface area contributed by atoms with Crippen LogP contribution in [-0.2, 0) is 42.9 Å². The molecular formula is C32H47N3O12S. The number of likely N-dealkylation sites (N-methyl/N-ethyl adjacent to an activating group) is 1. The van der Waals surface area contributed by atoms with Gasteiger partial charge in [-0.1, -0.05) is 27.2 Å². The quantitative estimate of drug-likeness (QED) is 0.144. The minimum Gasteiger partial charge on any atom is -0.431 e. The Balaban J connectivity index is 1.51. The van der Waals surface area contributed by atoms with Crippen LogP contribution in [0.25, 0.3) is 0 Å². The van der Waals surface area contributed by atoms with Crippen molar-refractivity contribution < 1.29 is 57.6 Å². The van der Waals surface area contributed by atoms with Gasteiger partial charge in [-0.15, -0.1) is 11.8 Å².